The Kier molecular flexibility index (Phi) is 8.19. The summed E-state index contributed by atoms with van der Waals surface area (Å²) in [5.41, 5.74) is 4.11. The second-order valence-corrected chi connectivity index (χ2v) is 10.8. The summed E-state index contributed by atoms with van der Waals surface area (Å²) in [7, 11) is -2.23. The summed E-state index contributed by atoms with van der Waals surface area (Å²) in [6, 6.07) is 11.5. The van der Waals surface area contributed by atoms with E-state index in [-0.39, 0.29) is 22.6 Å². The van der Waals surface area contributed by atoms with Crippen LogP contribution in [0.25, 0.3) is 0 Å². The highest BCUT2D eigenvalue weighted by Gasteiger charge is 2.34. The standard InChI is InChI=1S/C26H36N2O4S/c1-6-19-9-8-10-20(7-2)25(19)27-26(29)21-13-15-28(16-14-21)33(30,31)24-17-22(18(3)4)11-12-23(24)32-5/h8-12,17-18,21H,6-7,13-16H2,1-5H3,(H,27,29). The molecule has 1 N–H and O–H groups in total. The van der Waals surface area contributed by atoms with Crippen LogP contribution in [0.1, 0.15) is 63.1 Å². The van der Waals surface area contributed by atoms with Crippen LogP contribution in [0, 0.1) is 5.92 Å². The van der Waals surface area contributed by atoms with Crippen LogP contribution in [0.15, 0.2) is 41.3 Å². The zero-order valence-corrected chi connectivity index (χ0v) is 21.2. The number of anilines is 1. The lowest BCUT2D eigenvalue weighted by molar-refractivity contribution is -0.120. The minimum Gasteiger partial charge on any atom is -0.495 e. The molecule has 33 heavy (non-hydrogen) atoms. The van der Waals surface area contributed by atoms with Crippen molar-refractivity contribution in [3.05, 3.63) is 53.1 Å². The fourth-order valence-corrected chi connectivity index (χ4v) is 6.04. The Hall–Kier alpha value is -2.38. The van der Waals surface area contributed by atoms with Gasteiger partial charge in [0, 0.05) is 24.7 Å². The lowest BCUT2D eigenvalue weighted by atomic mass is 9.96. The molecule has 0 aromatic heterocycles. The number of nitrogens with zero attached hydrogens (tertiary/aromatic N) is 1. The molecule has 7 heteroatoms. The fourth-order valence-electron chi connectivity index (χ4n) is 4.38. The number of nitrogens with one attached hydrogen (secondary N) is 1. The quantitative estimate of drug-likeness (QED) is 0.588. The summed E-state index contributed by atoms with van der Waals surface area (Å²) in [5.74, 6) is 0.317. The predicted octanol–water partition coefficient (Wildman–Crippen LogP) is 4.98. The van der Waals surface area contributed by atoms with Gasteiger partial charge in [0.05, 0.1) is 7.11 Å². The number of carbonyl (C=O) groups excluding carboxylic acids is 1. The largest absolute Gasteiger partial charge is 0.495 e. The topological polar surface area (TPSA) is 75.7 Å². The van der Waals surface area contributed by atoms with Gasteiger partial charge in [0.15, 0.2) is 0 Å². The Morgan fingerprint density at radius 3 is 2.21 bits per heavy atom. The Morgan fingerprint density at radius 2 is 1.70 bits per heavy atom. The number of hydrogen-bond donors (Lipinski definition) is 1. The third kappa shape index (κ3) is 5.41. The number of para-hydroxylation sites is 1. The number of rotatable bonds is 8. The molecule has 2 aromatic carbocycles. The highest BCUT2D eigenvalue weighted by molar-refractivity contribution is 7.89. The van der Waals surface area contributed by atoms with E-state index in [0.717, 1.165) is 35.2 Å². The van der Waals surface area contributed by atoms with Crippen LogP contribution in [-0.2, 0) is 27.7 Å². The number of ether oxygens (including phenoxy) is 1. The molecule has 3 rings (SSSR count). The van der Waals surface area contributed by atoms with Crippen molar-refractivity contribution in [2.45, 2.75) is 64.2 Å². The number of benzene rings is 2. The summed E-state index contributed by atoms with van der Waals surface area (Å²) in [6.07, 6.45) is 2.68. The van der Waals surface area contributed by atoms with Gasteiger partial charge in [-0.25, -0.2) is 8.42 Å². The van der Waals surface area contributed by atoms with Crippen LogP contribution in [0.2, 0.25) is 0 Å². The van der Waals surface area contributed by atoms with Crippen molar-refractivity contribution in [3.8, 4) is 5.75 Å². The van der Waals surface area contributed by atoms with Crippen molar-refractivity contribution in [2.75, 3.05) is 25.5 Å². The first-order chi connectivity index (χ1) is 15.7. The highest BCUT2D eigenvalue weighted by Crippen LogP contribution is 2.33. The summed E-state index contributed by atoms with van der Waals surface area (Å²) < 4.78 is 33.7. The molecule has 1 heterocycles. The van der Waals surface area contributed by atoms with E-state index in [4.69, 9.17) is 4.74 Å². The van der Waals surface area contributed by atoms with E-state index >= 15 is 0 Å². The Labute approximate surface area is 198 Å². The molecule has 0 radical (unpaired) electrons. The number of methoxy groups -OCH3 is 1. The van der Waals surface area contributed by atoms with E-state index in [1.807, 2.05) is 38.1 Å². The molecule has 6 nitrogen and oxygen atoms in total. The van der Waals surface area contributed by atoms with Gasteiger partial charge in [0.2, 0.25) is 15.9 Å². The summed E-state index contributed by atoms with van der Waals surface area (Å²) in [5, 5.41) is 3.15. The maximum Gasteiger partial charge on any atom is 0.246 e. The van der Waals surface area contributed by atoms with Gasteiger partial charge >= 0.3 is 0 Å². The molecule has 1 aliphatic heterocycles. The Morgan fingerprint density at radius 1 is 1.09 bits per heavy atom. The van der Waals surface area contributed by atoms with Gasteiger partial charge in [0.1, 0.15) is 10.6 Å². The van der Waals surface area contributed by atoms with Crippen LogP contribution in [0.4, 0.5) is 5.69 Å². The van der Waals surface area contributed by atoms with Gasteiger partial charge < -0.3 is 10.1 Å². The Balaban J connectivity index is 1.74. The molecule has 1 amide bonds. The summed E-state index contributed by atoms with van der Waals surface area (Å²) >= 11 is 0. The van der Waals surface area contributed by atoms with Gasteiger partial charge in [-0.3, -0.25) is 4.79 Å². The Bertz CT molecular complexity index is 1070. The third-order valence-electron chi connectivity index (χ3n) is 6.54. The molecule has 0 atom stereocenters. The summed E-state index contributed by atoms with van der Waals surface area (Å²) in [4.78, 5) is 13.2. The molecule has 0 bridgehead atoms. The van der Waals surface area contributed by atoms with Crippen molar-refractivity contribution in [1.82, 2.24) is 4.31 Å². The van der Waals surface area contributed by atoms with Gasteiger partial charge in [-0.2, -0.15) is 4.31 Å². The van der Waals surface area contributed by atoms with Crippen molar-refractivity contribution in [1.29, 1.82) is 0 Å². The van der Waals surface area contributed by atoms with Crippen molar-refractivity contribution >= 4 is 21.6 Å². The first-order valence-corrected chi connectivity index (χ1v) is 13.3. The van der Waals surface area contributed by atoms with Crippen LogP contribution in [0.5, 0.6) is 5.75 Å². The molecular weight excluding hydrogens is 436 g/mol. The second kappa shape index (κ2) is 10.7. The minimum absolute atomic E-state index is 0.0259. The first kappa shape index (κ1) is 25.2. The normalized spacial score (nSPS) is 15.6. The molecule has 1 fully saturated rings. The van der Waals surface area contributed by atoms with Gasteiger partial charge in [-0.05, 0) is 60.4 Å². The predicted molar refractivity (Wildman–Crippen MR) is 132 cm³/mol. The molecule has 180 valence electrons. The smallest absolute Gasteiger partial charge is 0.246 e. The maximum atomic E-state index is 13.4. The number of piperidine rings is 1. The number of sulfonamides is 1. The van der Waals surface area contributed by atoms with Crippen LogP contribution >= 0.6 is 0 Å². The molecule has 1 saturated heterocycles. The van der Waals surface area contributed by atoms with Gasteiger partial charge in [0.25, 0.3) is 0 Å². The maximum absolute atomic E-state index is 13.4. The number of amides is 1. The van der Waals surface area contributed by atoms with E-state index in [1.54, 1.807) is 12.1 Å². The minimum atomic E-state index is -3.71. The molecule has 2 aromatic rings. The SMILES string of the molecule is CCc1cccc(CC)c1NC(=O)C1CCN(S(=O)(=O)c2cc(C(C)C)ccc2OC)CC1. The van der Waals surface area contributed by atoms with Crippen LogP contribution in [0.3, 0.4) is 0 Å². The number of hydrogen-bond acceptors (Lipinski definition) is 4. The molecule has 1 aliphatic rings. The van der Waals surface area contributed by atoms with Crippen molar-refractivity contribution in [3.63, 3.8) is 0 Å². The first-order valence-electron chi connectivity index (χ1n) is 11.8. The second-order valence-electron chi connectivity index (χ2n) is 8.89. The average Bonchev–Trinajstić information content (AvgIpc) is 2.83. The van der Waals surface area contributed by atoms with Gasteiger partial charge in [-0.1, -0.05) is 52.0 Å². The van der Waals surface area contributed by atoms with Crippen LogP contribution in [-0.4, -0.2) is 38.8 Å². The molecule has 0 unspecified atom stereocenters. The molecule has 0 spiro atoms. The third-order valence-corrected chi connectivity index (χ3v) is 8.46. The van der Waals surface area contributed by atoms with E-state index in [9.17, 15) is 13.2 Å². The summed E-state index contributed by atoms with van der Waals surface area (Å²) in [6.45, 7) is 8.84. The van der Waals surface area contributed by atoms with E-state index in [2.05, 4.69) is 19.2 Å². The van der Waals surface area contributed by atoms with Gasteiger partial charge in [-0.15, -0.1) is 0 Å². The monoisotopic (exact) mass is 472 g/mol. The van der Waals surface area contributed by atoms with E-state index in [0.29, 0.717) is 31.7 Å². The van der Waals surface area contributed by atoms with E-state index < -0.39 is 10.0 Å². The lowest BCUT2D eigenvalue weighted by Gasteiger charge is -2.31. The zero-order valence-electron chi connectivity index (χ0n) is 20.3. The molecular formula is C26H36N2O4S. The lowest BCUT2D eigenvalue weighted by Crippen LogP contribution is -2.41. The van der Waals surface area contributed by atoms with Crippen molar-refractivity contribution < 1.29 is 17.9 Å². The van der Waals surface area contributed by atoms with E-state index in [1.165, 1.54) is 11.4 Å². The molecule has 0 aliphatic carbocycles. The van der Waals surface area contributed by atoms with Crippen molar-refractivity contribution in [2.24, 2.45) is 5.92 Å². The number of aryl methyl sites for hydroxylation is 2. The molecule has 0 saturated carbocycles. The average molecular weight is 473 g/mol. The fraction of sp³-hybridized carbons (Fsp3) is 0.500. The number of carbonyl (C=O) groups is 1. The zero-order chi connectivity index (χ0) is 24.2. The van der Waals surface area contributed by atoms with Crippen LogP contribution < -0.4 is 10.1 Å². The highest BCUT2D eigenvalue weighted by atomic mass is 32.2.